The van der Waals surface area contributed by atoms with Gasteiger partial charge in [-0.3, -0.25) is 10.2 Å². The Morgan fingerprint density at radius 3 is 2.69 bits per heavy atom. The second-order valence-corrected chi connectivity index (χ2v) is 4.08. The Bertz CT molecular complexity index is 448. The third-order valence-electron chi connectivity index (χ3n) is 2.31. The summed E-state index contributed by atoms with van der Waals surface area (Å²) in [5, 5.41) is 11.6. The van der Waals surface area contributed by atoms with E-state index in [0.29, 0.717) is 6.54 Å². The number of rotatable bonds is 4. The van der Waals surface area contributed by atoms with E-state index in [-0.39, 0.29) is 22.9 Å². The summed E-state index contributed by atoms with van der Waals surface area (Å²) < 4.78 is 1.39. The van der Waals surface area contributed by atoms with E-state index in [1.54, 1.807) is 6.07 Å². The van der Waals surface area contributed by atoms with Crippen LogP contribution in [0, 0.1) is 5.41 Å². The van der Waals surface area contributed by atoms with Crippen LogP contribution in [0.1, 0.15) is 44.4 Å². The highest BCUT2D eigenvalue weighted by Gasteiger charge is 2.12. The Morgan fingerprint density at radius 1 is 1.62 bits per heavy atom. The molecule has 0 bridgehead atoms. The van der Waals surface area contributed by atoms with Crippen molar-refractivity contribution < 1.29 is 0 Å². The van der Waals surface area contributed by atoms with Crippen molar-refractivity contribution in [3.05, 3.63) is 27.7 Å². The average Bonchev–Trinajstić information content (AvgIpc) is 2.20. The van der Waals surface area contributed by atoms with Crippen LogP contribution in [0.4, 0.5) is 0 Å². The fourth-order valence-electron chi connectivity index (χ4n) is 1.40. The third kappa shape index (κ3) is 2.48. The largest absolute Gasteiger partial charge is 0.384 e. The van der Waals surface area contributed by atoms with E-state index < -0.39 is 0 Å². The lowest BCUT2D eigenvalue weighted by molar-refractivity contribution is 0.546. The predicted molar refractivity (Wildman–Crippen MR) is 63.9 cm³/mol. The number of nitrogens with one attached hydrogen (secondary N) is 1. The molecule has 16 heavy (non-hydrogen) atoms. The fraction of sp³-hybridized carbons (Fsp3) is 0.545. The van der Waals surface area contributed by atoms with Crippen molar-refractivity contribution in [3.8, 4) is 0 Å². The van der Waals surface area contributed by atoms with Crippen LogP contribution >= 0.6 is 0 Å². The van der Waals surface area contributed by atoms with Gasteiger partial charge in [-0.15, -0.1) is 0 Å². The van der Waals surface area contributed by atoms with Gasteiger partial charge in [-0.1, -0.05) is 20.8 Å². The van der Waals surface area contributed by atoms with E-state index in [1.807, 2.05) is 20.8 Å². The first kappa shape index (κ1) is 12.4. The van der Waals surface area contributed by atoms with Gasteiger partial charge in [0.15, 0.2) is 0 Å². The smallest absolute Gasteiger partial charge is 0.277 e. The van der Waals surface area contributed by atoms with Gasteiger partial charge in [0.05, 0.1) is 11.3 Å². The van der Waals surface area contributed by atoms with Gasteiger partial charge < -0.3 is 5.73 Å². The first-order valence-electron chi connectivity index (χ1n) is 5.43. The van der Waals surface area contributed by atoms with Gasteiger partial charge in [-0.2, -0.15) is 5.10 Å². The van der Waals surface area contributed by atoms with Gasteiger partial charge in [-0.25, -0.2) is 4.68 Å². The summed E-state index contributed by atoms with van der Waals surface area (Å²) >= 11 is 0. The lowest BCUT2D eigenvalue weighted by Crippen LogP contribution is -2.32. The molecule has 0 aliphatic heterocycles. The molecule has 1 aromatic rings. The standard InChI is InChI=1S/C11H18N4O/c1-4-5-15-11(16)8(10(12)13)6-9(14-15)7(2)3/h6-7H,4-5H2,1-3H3,(H3,12,13). The second-order valence-electron chi connectivity index (χ2n) is 4.08. The van der Waals surface area contributed by atoms with Crippen LogP contribution in [0.2, 0.25) is 0 Å². The summed E-state index contributed by atoms with van der Waals surface area (Å²) in [6.07, 6.45) is 0.825. The van der Waals surface area contributed by atoms with Gasteiger partial charge in [0.25, 0.3) is 5.56 Å². The summed E-state index contributed by atoms with van der Waals surface area (Å²) in [6, 6.07) is 1.61. The molecule has 0 aromatic carbocycles. The summed E-state index contributed by atoms with van der Waals surface area (Å²) in [6.45, 7) is 6.52. The van der Waals surface area contributed by atoms with Crippen LogP contribution in [-0.2, 0) is 6.54 Å². The minimum Gasteiger partial charge on any atom is -0.384 e. The number of aromatic nitrogens is 2. The lowest BCUT2D eigenvalue weighted by atomic mass is 10.1. The summed E-state index contributed by atoms with van der Waals surface area (Å²) in [5.74, 6) is 0.0148. The Morgan fingerprint density at radius 2 is 2.25 bits per heavy atom. The highest BCUT2D eigenvalue weighted by molar-refractivity contribution is 5.94. The number of aryl methyl sites for hydroxylation is 1. The molecule has 0 spiro atoms. The van der Waals surface area contributed by atoms with E-state index in [4.69, 9.17) is 11.1 Å². The van der Waals surface area contributed by atoms with E-state index in [9.17, 15) is 4.79 Å². The first-order valence-corrected chi connectivity index (χ1v) is 5.43. The maximum Gasteiger partial charge on any atom is 0.277 e. The average molecular weight is 222 g/mol. The zero-order valence-corrected chi connectivity index (χ0v) is 9.95. The number of amidine groups is 1. The van der Waals surface area contributed by atoms with Crippen molar-refractivity contribution in [3.63, 3.8) is 0 Å². The van der Waals surface area contributed by atoms with Crippen molar-refractivity contribution >= 4 is 5.84 Å². The summed E-state index contributed by atoms with van der Waals surface area (Å²) in [5.41, 5.74) is 6.14. The quantitative estimate of drug-likeness (QED) is 0.590. The van der Waals surface area contributed by atoms with Crippen LogP contribution in [0.15, 0.2) is 10.9 Å². The van der Waals surface area contributed by atoms with Gasteiger partial charge in [0.1, 0.15) is 5.84 Å². The number of hydrogen-bond donors (Lipinski definition) is 2. The number of nitrogens with two attached hydrogens (primary N) is 1. The van der Waals surface area contributed by atoms with Crippen molar-refractivity contribution in [2.75, 3.05) is 0 Å². The summed E-state index contributed by atoms with van der Waals surface area (Å²) in [7, 11) is 0. The van der Waals surface area contributed by atoms with Gasteiger partial charge in [-0.05, 0) is 18.4 Å². The van der Waals surface area contributed by atoms with E-state index in [1.165, 1.54) is 4.68 Å². The molecule has 1 heterocycles. The molecular formula is C11H18N4O. The van der Waals surface area contributed by atoms with Crippen LogP contribution in [0.5, 0.6) is 0 Å². The lowest BCUT2D eigenvalue weighted by Gasteiger charge is -2.11. The highest BCUT2D eigenvalue weighted by atomic mass is 16.1. The molecule has 0 radical (unpaired) electrons. The SMILES string of the molecule is CCCn1nc(C(C)C)cc(C(=N)N)c1=O. The molecule has 0 atom stereocenters. The van der Waals surface area contributed by atoms with Gasteiger partial charge >= 0.3 is 0 Å². The molecule has 0 saturated heterocycles. The maximum atomic E-state index is 11.9. The zero-order chi connectivity index (χ0) is 12.3. The minimum atomic E-state index is -0.279. The first-order chi connectivity index (χ1) is 7.47. The molecule has 0 fully saturated rings. The van der Waals surface area contributed by atoms with E-state index in [0.717, 1.165) is 12.1 Å². The molecule has 0 amide bonds. The number of hydrogen-bond acceptors (Lipinski definition) is 3. The Labute approximate surface area is 94.8 Å². The van der Waals surface area contributed by atoms with Crippen molar-refractivity contribution in [1.29, 1.82) is 5.41 Å². The van der Waals surface area contributed by atoms with E-state index >= 15 is 0 Å². The topological polar surface area (TPSA) is 84.8 Å². The van der Waals surface area contributed by atoms with Crippen molar-refractivity contribution in [2.24, 2.45) is 5.73 Å². The van der Waals surface area contributed by atoms with E-state index in [2.05, 4.69) is 5.10 Å². The molecule has 0 aliphatic carbocycles. The number of nitrogen functional groups attached to an aromatic ring is 1. The molecule has 5 nitrogen and oxygen atoms in total. The van der Waals surface area contributed by atoms with Gasteiger partial charge in [0, 0.05) is 6.54 Å². The molecule has 1 aromatic heterocycles. The molecule has 1 rings (SSSR count). The third-order valence-corrected chi connectivity index (χ3v) is 2.31. The van der Waals surface area contributed by atoms with Crippen LogP contribution in [-0.4, -0.2) is 15.6 Å². The van der Waals surface area contributed by atoms with Crippen LogP contribution in [0.3, 0.4) is 0 Å². The molecule has 3 N–H and O–H groups in total. The van der Waals surface area contributed by atoms with Crippen molar-refractivity contribution in [1.82, 2.24) is 9.78 Å². The van der Waals surface area contributed by atoms with Crippen molar-refractivity contribution in [2.45, 2.75) is 39.7 Å². The Balaban J connectivity index is 3.39. The molecular weight excluding hydrogens is 204 g/mol. The number of nitrogens with zero attached hydrogens (tertiary/aromatic N) is 2. The van der Waals surface area contributed by atoms with Gasteiger partial charge in [0.2, 0.25) is 0 Å². The Kier molecular flexibility index (Phi) is 3.82. The second kappa shape index (κ2) is 4.92. The highest BCUT2D eigenvalue weighted by Crippen LogP contribution is 2.10. The molecule has 0 unspecified atom stereocenters. The molecule has 0 saturated carbocycles. The zero-order valence-electron chi connectivity index (χ0n) is 9.95. The van der Waals surface area contributed by atoms with Crippen LogP contribution < -0.4 is 11.3 Å². The maximum absolute atomic E-state index is 11.9. The minimum absolute atomic E-state index is 0.195. The predicted octanol–water partition coefficient (Wildman–Crippen LogP) is 1.06. The van der Waals surface area contributed by atoms with Crippen LogP contribution in [0.25, 0.3) is 0 Å². The fourth-order valence-corrected chi connectivity index (χ4v) is 1.40. The molecule has 0 aliphatic rings. The monoisotopic (exact) mass is 222 g/mol. The molecule has 5 heteroatoms. The normalized spacial score (nSPS) is 10.8. The Hall–Kier alpha value is -1.65. The summed E-state index contributed by atoms with van der Waals surface area (Å²) in [4.78, 5) is 11.9. The molecule has 88 valence electrons.